The molecule has 2 aliphatic heterocycles. The Labute approximate surface area is 127 Å². The van der Waals surface area contributed by atoms with Crippen molar-refractivity contribution in [1.82, 2.24) is 25.5 Å². The normalized spacial score (nSPS) is 26.4. The lowest BCUT2D eigenvalue weighted by atomic mass is 10.0. The van der Waals surface area contributed by atoms with E-state index in [1.807, 2.05) is 6.92 Å². The van der Waals surface area contributed by atoms with E-state index < -0.39 is 12.0 Å². The largest absolute Gasteiger partial charge is 0.477 e. The number of aliphatic carboxylic acids is 1. The van der Waals surface area contributed by atoms with Gasteiger partial charge < -0.3 is 15.9 Å². The van der Waals surface area contributed by atoms with Crippen LogP contribution in [0.2, 0.25) is 0 Å². The van der Waals surface area contributed by atoms with Crippen molar-refractivity contribution in [2.45, 2.75) is 28.7 Å². The van der Waals surface area contributed by atoms with Crippen LogP contribution in [0.25, 0.3) is 0 Å². The van der Waals surface area contributed by atoms with Crippen molar-refractivity contribution in [2.24, 2.45) is 5.73 Å². The third-order valence-corrected chi connectivity index (χ3v) is 5.65. The molecule has 11 heteroatoms. The van der Waals surface area contributed by atoms with E-state index >= 15 is 0 Å². The van der Waals surface area contributed by atoms with Crippen LogP contribution in [0.4, 0.5) is 0 Å². The van der Waals surface area contributed by atoms with Crippen molar-refractivity contribution in [3.05, 3.63) is 11.3 Å². The summed E-state index contributed by atoms with van der Waals surface area (Å²) in [6.07, 6.45) is 0. The molecule has 3 N–H and O–H groups in total. The minimum absolute atomic E-state index is 0.0259. The number of carbonyl (C=O) groups is 2. The lowest BCUT2D eigenvalue weighted by Gasteiger charge is -2.48. The number of hydrogen-bond donors (Lipinski definition) is 2. The van der Waals surface area contributed by atoms with Gasteiger partial charge in [0.15, 0.2) is 0 Å². The number of hydrogen-bond acceptors (Lipinski definition) is 8. The highest BCUT2D eigenvalue weighted by atomic mass is 32.2. The smallest absolute Gasteiger partial charge is 0.352 e. The van der Waals surface area contributed by atoms with E-state index in [1.165, 1.54) is 28.4 Å². The van der Waals surface area contributed by atoms with Crippen LogP contribution in [0.5, 0.6) is 0 Å². The number of carbonyl (C=O) groups excluding carboxylic acids is 1. The minimum atomic E-state index is -1.12. The second-order valence-electron chi connectivity index (χ2n) is 4.54. The number of thioether (sulfide) groups is 2. The van der Waals surface area contributed by atoms with E-state index in [-0.39, 0.29) is 22.2 Å². The summed E-state index contributed by atoms with van der Waals surface area (Å²) >= 11 is 2.72. The predicted molar refractivity (Wildman–Crippen MR) is 74.2 cm³/mol. The zero-order valence-corrected chi connectivity index (χ0v) is 12.5. The fourth-order valence-electron chi connectivity index (χ4n) is 2.26. The number of β-lactam (4-membered cyclic amide) rings is 1. The first-order valence-corrected chi connectivity index (χ1v) is 7.95. The molecule has 0 radical (unpaired) electrons. The molecule has 0 aromatic carbocycles. The summed E-state index contributed by atoms with van der Waals surface area (Å²) in [7, 11) is 0. The molecule has 1 aromatic heterocycles. The van der Waals surface area contributed by atoms with Gasteiger partial charge in [-0.1, -0.05) is 0 Å². The Morgan fingerprint density at radius 1 is 1.67 bits per heavy atom. The molecule has 3 atom stereocenters. The summed E-state index contributed by atoms with van der Waals surface area (Å²) < 4.78 is 0. The maximum absolute atomic E-state index is 11.8. The number of nitrogens with two attached hydrogens (primary N) is 1. The molecule has 1 aromatic rings. The van der Waals surface area contributed by atoms with Gasteiger partial charge in [-0.25, -0.2) is 4.79 Å². The number of carboxylic acids is 1. The second kappa shape index (κ2) is 5.31. The molecule has 3 heterocycles. The van der Waals surface area contributed by atoms with E-state index in [4.69, 9.17) is 5.73 Å². The molecule has 112 valence electrons. The van der Waals surface area contributed by atoms with Gasteiger partial charge in [-0.2, -0.15) is 5.21 Å². The number of rotatable bonds is 4. The van der Waals surface area contributed by atoms with E-state index in [1.54, 1.807) is 0 Å². The van der Waals surface area contributed by atoms with Crippen molar-refractivity contribution in [1.29, 1.82) is 0 Å². The monoisotopic (exact) mass is 327 g/mol. The molecular weight excluding hydrogens is 316 g/mol. The molecule has 1 fully saturated rings. The van der Waals surface area contributed by atoms with Gasteiger partial charge >= 0.3 is 5.97 Å². The number of fused-ring (bicyclic) bond motifs is 1. The molecule has 0 spiro atoms. The van der Waals surface area contributed by atoms with Crippen LogP contribution in [-0.2, 0) is 9.59 Å². The van der Waals surface area contributed by atoms with Gasteiger partial charge in [0.2, 0.25) is 5.91 Å². The number of aromatic nitrogens is 4. The van der Waals surface area contributed by atoms with E-state index in [0.717, 1.165) is 0 Å². The Morgan fingerprint density at radius 2 is 2.43 bits per heavy atom. The molecule has 2 aliphatic rings. The fourth-order valence-corrected chi connectivity index (χ4v) is 4.61. The first-order valence-electron chi connectivity index (χ1n) is 6.02. The SMILES string of the molecule is C[C@@H](Sc1nnn[n-]1)C1=C(C(=O)O)N2C(=O)[C@H](N)[C@@H]2SC1. The van der Waals surface area contributed by atoms with Crippen molar-refractivity contribution >= 4 is 35.4 Å². The number of tetrazole rings is 1. The summed E-state index contributed by atoms with van der Waals surface area (Å²) in [6, 6.07) is -0.624. The minimum Gasteiger partial charge on any atom is -0.477 e. The van der Waals surface area contributed by atoms with Gasteiger partial charge in [-0.15, -0.1) is 23.5 Å². The standard InChI is InChI=1S/C10H12N6O3S2/c1-3(21-10-12-14-15-13-10)4-2-20-8-5(11)7(17)16(8)6(4)9(18)19/h3,5,8H,2,11H2,1H3,(H2,12,13,14,15,18,19)/p-1/t3-,5+,8+/m1/s1. The molecule has 0 unspecified atom stereocenters. The van der Waals surface area contributed by atoms with Crippen LogP contribution in [0, 0.1) is 0 Å². The van der Waals surface area contributed by atoms with Crippen molar-refractivity contribution < 1.29 is 14.7 Å². The Bertz CT molecular complexity index is 618. The first kappa shape index (κ1) is 14.4. The average molecular weight is 327 g/mol. The van der Waals surface area contributed by atoms with Crippen LogP contribution in [-0.4, -0.2) is 59.8 Å². The van der Waals surface area contributed by atoms with E-state index in [2.05, 4.69) is 20.6 Å². The van der Waals surface area contributed by atoms with Crippen molar-refractivity contribution in [3.63, 3.8) is 0 Å². The fraction of sp³-hybridized carbons (Fsp3) is 0.500. The number of amides is 1. The summed E-state index contributed by atoms with van der Waals surface area (Å²) in [5, 5.41) is 23.5. The van der Waals surface area contributed by atoms with Crippen LogP contribution in [0.3, 0.4) is 0 Å². The third kappa shape index (κ3) is 2.30. The molecule has 3 rings (SSSR count). The molecule has 0 aliphatic carbocycles. The van der Waals surface area contributed by atoms with Gasteiger partial charge in [0, 0.05) is 11.0 Å². The summed E-state index contributed by atoms with van der Waals surface area (Å²) in [5.74, 6) is -0.977. The Hall–Kier alpha value is -1.59. The second-order valence-corrected chi connectivity index (χ2v) is 6.95. The molecule has 21 heavy (non-hydrogen) atoms. The zero-order valence-electron chi connectivity index (χ0n) is 10.8. The molecule has 0 saturated carbocycles. The van der Waals surface area contributed by atoms with Crippen molar-refractivity contribution in [3.8, 4) is 0 Å². The maximum Gasteiger partial charge on any atom is 0.352 e. The summed E-state index contributed by atoms with van der Waals surface area (Å²) in [5.41, 5.74) is 6.38. The lowest BCUT2D eigenvalue weighted by Crippen LogP contribution is -2.68. The Morgan fingerprint density at radius 3 is 3.05 bits per heavy atom. The third-order valence-electron chi connectivity index (χ3n) is 3.31. The van der Waals surface area contributed by atoms with Gasteiger partial charge in [-0.3, -0.25) is 20.0 Å². The Kier molecular flexibility index (Phi) is 3.63. The van der Waals surface area contributed by atoms with E-state index in [9.17, 15) is 14.7 Å². The maximum atomic E-state index is 11.8. The van der Waals surface area contributed by atoms with E-state index in [0.29, 0.717) is 16.5 Å². The summed E-state index contributed by atoms with van der Waals surface area (Å²) in [4.78, 5) is 24.7. The molecular formula is C10H11N6O3S2-. The van der Waals surface area contributed by atoms with Gasteiger partial charge in [0.05, 0.1) is 5.16 Å². The number of nitrogens with zero attached hydrogens (tertiary/aromatic N) is 5. The van der Waals surface area contributed by atoms with Gasteiger partial charge in [0.25, 0.3) is 0 Å². The Balaban J connectivity index is 1.90. The predicted octanol–water partition coefficient (Wildman–Crippen LogP) is -1.11. The van der Waals surface area contributed by atoms with Crippen molar-refractivity contribution in [2.75, 3.05) is 5.75 Å². The van der Waals surface area contributed by atoms with Crippen LogP contribution < -0.4 is 10.8 Å². The lowest BCUT2D eigenvalue weighted by molar-refractivity contribution is -0.148. The summed E-state index contributed by atoms with van der Waals surface area (Å²) in [6.45, 7) is 1.84. The zero-order chi connectivity index (χ0) is 15.1. The van der Waals surface area contributed by atoms with Crippen LogP contribution >= 0.6 is 23.5 Å². The molecule has 1 saturated heterocycles. The molecule has 1 amide bonds. The first-order chi connectivity index (χ1) is 10.0. The highest BCUT2D eigenvalue weighted by Crippen LogP contribution is 2.42. The van der Waals surface area contributed by atoms with Crippen LogP contribution in [0.15, 0.2) is 16.4 Å². The molecule has 9 nitrogen and oxygen atoms in total. The quantitative estimate of drug-likeness (QED) is 0.517. The van der Waals surface area contributed by atoms with Crippen LogP contribution in [0.1, 0.15) is 6.92 Å². The van der Waals surface area contributed by atoms with Gasteiger partial charge in [-0.05, 0) is 12.5 Å². The van der Waals surface area contributed by atoms with Gasteiger partial charge in [0.1, 0.15) is 17.1 Å². The highest BCUT2D eigenvalue weighted by molar-refractivity contribution is 8.01. The molecule has 0 bridgehead atoms. The highest BCUT2D eigenvalue weighted by Gasteiger charge is 2.52. The number of carboxylic acid groups (broad SMARTS) is 1. The average Bonchev–Trinajstić information content (AvgIpc) is 2.97. The topological polar surface area (TPSA) is 136 Å².